The van der Waals surface area contributed by atoms with Gasteiger partial charge in [0, 0.05) is 30.9 Å². The Hall–Kier alpha value is -1.26. The number of likely N-dealkylation sites (N-methyl/N-ethyl adjacent to an activating group) is 1. The molecule has 0 radical (unpaired) electrons. The Bertz CT molecular complexity index is 381. The smallest absolute Gasteiger partial charge is 0.120 e. The summed E-state index contributed by atoms with van der Waals surface area (Å²) in [4.78, 5) is 4.72. The molecule has 94 valence electrons. The van der Waals surface area contributed by atoms with Crippen molar-refractivity contribution >= 4 is 5.69 Å². The van der Waals surface area contributed by atoms with E-state index in [0.29, 0.717) is 11.4 Å². The fourth-order valence-corrected chi connectivity index (χ4v) is 2.23. The second-order valence-corrected chi connectivity index (χ2v) is 4.82. The summed E-state index contributed by atoms with van der Waals surface area (Å²) in [5.74, 6) is 0.344. The summed E-state index contributed by atoms with van der Waals surface area (Å²) in [7, 11) is 2.15. The topological polar surface area (TPSA) is 52.7 Å². The van der Waals surface area contributed by atoms with Gasteiger partial charge in [-0.1, -0.05) is 0 Å². The minimum atomic E-state index is 0.344. The lowest BCUT2D eigenvalue weighted by molar-refractivity contribution is 0.266. The normalized spacial score (nSPS) is 19.1. The quantitative estimate of drug-likeness (QED) is 0.595. The van der Waals surface area contributed by atoms with Gasteiger partial charge in [-0.05, 0) is 44.8 Å². The molecular weight excluding hydrogens is 214 g/mol. The predicted molar refractivity (Wildman–Crippen MR) is 69.9 cm³/mol. The fraction of sp³-hybridized carbons (Fsp3) is 0.538. The van der Waals surface area contributed by atoms with Gasteiger partial charge in [0.15, 0.2) is 0 Å². The first-order valence-electron chi connectivity index (χ1n) is 6.13. The lowest BCUT2D eigenvalue weighted by Crippen LogP contribution is -2.28. The van der Waals surface area contributed by atoms with Crippen molar-refractivity contribution in [3.8, 4) is 5.75 Å². The summed E-state index contributed by atoms with van der Waals surface area (Å²) < 4.78 is 0. The van der Waals surface area contributed by atoms with E-state index >= 15 is 0 Å². The highest BCUT2D eigenvalue weighted by Crippen LogP contribution is 2.21. The van der Waals surface area contributed by atoms with E-state index in [1.165, 1.54) is 6.42 Å². The van der Waals surface area contributed by atoms with Crippen molar-refractivity contribution in [1.29, 1.82) is 0 Å². The molecule has 1 aliphatic heterocycles. The average molecular weight is 235 g/mol. The molecule has 1 heterocycles. The molecule has 4 heteroatoms. The van der Waals surface area contributed by atoms with Crippen LogP contribution in [-0.4, -0.2) is 48.1 Å². The third-order valence-electron chi connectivity index (χ3n) is 3.31. The van der Waals surface area contributed by atoms with Gasteiger partial charge in [0.25, 0.3) is 0 Å². The van der Waals surface area contributed by atoms with Crippen LogP contribution in [-0.2, 0) is 6.54 Å². The molecule has 2 rings (SSSR count). The second-order valence-electron chi connectivity index (χ2n) is 4.82. The number of benzene rings is 1. The zero-order valence-electron chi connectivity index (χ0n) is 10.4. The molecule has 0 aliphatic carbocycles. The monoisotopic (exact) mass is 235 g/mol. The minimum Gasteiger partial charge on any atom is -0.508 e. The molecule has 17 heavy (non-hydrogen) atoms. The Morgan fingerprint density at radius 3 is 2.88 bits per heavy atom. The number of nitrogens with zero attached hydrogens (tertiary/aromatic N) is 2. The van der Waals surface area contributed by atoms with Crippen LogP contribution in [0.1, 0.15) is 12.0 Å². The van der Waals surface area contributed by atoms with Crippen molar-refractivity contribution < 1.29 is 5.11 Å². The van der Waals surface area contributed by atoms with E-state index in [2.05, 4.69) is 16.8 Å². The number of rotatable bonds is 2. The molecule has 1 aromatic carbocycles. The largest absolute Gasteiger partial charge is 0.508 e. The minimum absolute atomic E-state index is 0.344. The Kier molecular flexibility index (Phi) is 3.86. The summed E-state index contributed by atoms with van der Waals surface area (Å²) >= 11 is 0. The van der Waals surface area contributed by atoms with E-state index in [1.54, 1.807) is 12.1 Å². The van der Waals surface area contributed by atoms with Crippen LogP contribution in [0.25, 0.3) is 0 Å². The van der Waals surface area contributed by atoms with Crippen molar-refractivity contribution in [1.82, 2.24) is 9.80 Å². The van der Waals surface area contributed by atoms with E-state index in [-0.39, 0.29) is 0 Å². The lowest BCUT2D eigenvalue weighted by atomic mass is 10.1. The van der Waals surface area contributed by atoms with Gasteiger partial charge >= 0.3 is 0 Å². The molecule has 1 saturated heterocycles. The first-order valence-corrected chi connectivity index (χ1v) is 6.13. The number of aromatic hydroxyl groups is 1. The number of phenols is 1. The van der Waals surface area contributed by atoms with Crippen LogP contribution in [0.5, 0.6) is 5.75 Å². The maximum absolute atomic E-state index is 9.80. The molecule has 0 atom stereocenters. The van der Waals surface area contributed by atoms with Gasteiger partial charge in [-0.25, -0.2) is 0 Å². The van der Waals surface area contributed by atoms with Crippen LogP contribution in [0.4, 0.5) is 5.69 Å². The number of hydrogen-bond acceptors (Lipinski definition) is 4. The summed E-state index contributed by atoms with van der Waals surface area (Å²) in [5, 5.41) is 9.80. The van der Waals surface area contributed by atoms with Gasteiger partial charge in [0.1, 0.15) is 5.75 Å². The molecule has 3 N–H and O–H groups in total. The average Bonchev–Trinajstić information content (AvgIpc) is 2.49. The van der Waals surface area contributed by atoms with Gasteiger partial charge in [-0.3, -0.25) is 4.90 Å². The first kappa shape index (κ1) is 12.2. The molecule has 0 bridgehead atoms. The van der Waals surface area contributed by atoms with E-state index in [4.69, 9.17) is 5.73 Å². The van der Waals surface area contributed by atoms with E-state index in [1.807, 2.05) is 6.07 Å². The third-order valence-corrected chi connectivity index (χ3v) is 3.31. The fourth-order valence-electron chi connectivity index (χ4n) is 2.23. The van der Waals surface area contributed by atoms with Crippen molar-refractivity contribution in [2.45, 2.75) is 13.0 Å². The van der Waals surface area contributed by atoms with Gasteiger partial charge in [0.05, 0.1) is 0 Å². The molecule has 0 saturated carbocycles. The maximum Gasteiger partial charge on any atom is 0.120 e. The highest BCUT2D eigenvalue weighted by atomic mass is 16.3. The zero-order chi connectivity index (χ0) is 12.3. The standard InChI is InChI=1S/C13H21N3O/c1-15-5-2-6-16(8-7-15)10-11-9-12(14)3-4-13(11)17/h3-4,9,17H,2,5-8,10,14H2,1H3. The van der Waals surface area contributed by atoms with E-state index < -0.39 is 0 Å². The van der Waals surface area contributed by atoms with Crippen molar-refractivity contribution in [3.63, 3.8) is 0 Å². The molecule has 0 amide bonds. The second kappa shape index (κ2) is 5.38. The van der Waals surface area contributed by atoms with Crippen molar-refractivity contribution in [3.05, 3.63) is 23.8 Å². The third kappa shape index (κ3) is 3.35. The Morgan fingerprint density at radius 1 is 1.24 bits per heavy atom. The zero-order valence-corrected chi connectivity index (χ0v) is 10.4. The van der Waals surface area contributed by atoms with Gasteiger partial charge in [-0.2, -0.15) is 0 Å². The number of nitrogen functional groups attached to an aromatic ring is 1. The van der Waals surface area contributed by atoms with Crippen LogP contribution in [0.2, 0.25) is 0 Å². The van der Waals surface area contributed by atoms with Gasteiger partial charge in [-0.15, -0.1) is 0 Å². The maximum atomic E-state index is 9.80. The lowest BCUT2D eigenvalue weighted by Gasteiger charge is -2.20. The number of hydrogen-bond donors (Lipinski definition) is 2. The van der Waals surface area contributed by atoms with Gasteiger partial charge < -0.3 is 15.7 Å². The van der Waals surface area contributed by atoms with Crippen LogP contribution < -0.4 is 5.73 Å². The van der Waals surface area contributed by atoms with Crippen LogP contribution in [0.15, 0.2) is 18.2 Å². The number of phenolic OH excluding ortho intramolecular Hbond substituents is 1. The van der Waals surface area contributed by atoms with E-state index in [0.717, 1.165) is 38.3 Å². The van der Waals surface area contributed by atoms with Crippen LogP contribution in [0, 0.1) is 0 Å². The summed E-state index contributed by atoms with van der Waals surface area (Å²) in [5.41, 5.74) is 7.39. The Balaban J connectivity index is 2.02. The van der Waals surface area contributed by atoms with E-state index in [9.17, 15) is 5.11 Å². The Labute approximate surface area is 103 Å². The predicted octanol–water partition coefficient (Wildman–Crippen LogP) is 1.11. The summed E-state index contributed by atoms with van der Waals surface area (Å²) in [6.07, 6.45) is 1.18. The Morgan fingerprint density at radius 2 is 2.06 bits per heavy atom. The molecule has 1 aliphatic rings. The first-order chi connectivity index (χ1) is 8.15. The molecule has 0 aromatic heterocycles. The van der Waals surface area contributed by atoms with Gasteiger partial charge in [0.2, 0.25) is 0 Å². The molecule has 4 nitrogen and oxygen atoms in total. The summed E-state index contributed by atoms with van der Waals surface area (Å²) in [6, 6.07) is 5.27. The highest BCUT2D eigenvalue weighted by Gasteiger charge is 2.13. The SMILES string of the molecule is CN1CCCN(Cc2cc(N)ccc2O)CC1. The number of nitrogens with two attached hydrogens (primary N) is 1. The molecule has 0 unspecified atom stereocenters. The van der Waals surface area contributed by atoms with Crippen LogP contribution >= 0.6 is 0 Å². The summed E-state index contributed by atoms with van der Waals surface area (Å²) in [6.45, 7) is 5.15. The molecular formula is C13H21N3O. The molecule has 1 aromatic rings. The molecule has 1 fully saturated rings. The van der Waals surface area contributed by atoms with Crippen molar-refractivity contribution in [2.75, 3.05) is 39.0 Å². The molecule has 0 spiro atoms. The highest BCUT2D eigenvalue weighted by molar-refractivity contribution is 5.47. The number of anilines is 1. The van der Waals surface area contributed by atoms with Crippen molar-refractivity contribution in [2.24, 2.45) is 0 Å². The van der Waals surface area contributed by atoms with Crippen LogP contribution in [0.3, 0.4) is 0 Å².